The van der Waals surface area contributed by atoms with Gasteiger partial charge in [-0.05, 0) is 51.0 Å². The lowest BCUT2D eigenvalue weighted by Crippen LogP contribution is -2.09. The second-order valence-corrected chi connectivity index (χ2v) is 5.45. The van der Waals surface area contributed by atoms with Crippen LogP contribution in [0.25, 0.3) is 0 Å². The van der Waals surface area contributed by atoms with Crippen molar-refractivity contribution in [1.29, 1.82) is 0 Å². The van der Waals surface area contributed by atoms with Crippen molar-refractivity contribution in [2.24, 2.45) is 0 Å². The topological polar surface area (TPSA) is 21.3 Å². The molecule has 0 unspecified atom stereocenters. The Hall–Kier alpha value is -1.96. The zero-order valence-corrected chi connectivity index (χ0v) is 12.7. The molecular weight excluding hydrogens is 246 g/mol. The molecule has 0 atom stereocenters. The summed E-state index contributed by atoms with van der Waals surface area (Å²) in [6.45, 7) is 9.11. The first kappa shape index (κ1) is 14.4. The minimum Gasteiger partial charge on any atom is -0.491 e. The number of para-hydroxylation sites is 1. The van der Waals surface area contributed by atoms with Gasteiger partial charge in [0.15, 0.2) is 0 Å². The van der Waals surface area contributed by atoms with Gasteiger partial charge in [-0.25, -0.2) is 0 Å². The van der Waals surface area contributed by atoms with Crippen LogP contribution in [0.1, 0.15) is 30.5 Å². The Morgan fingerprint density at radius 3 is 2.55 bits per heavy atom. The van der Waals surface area contributed by atoms with Crippen LogP contribution in [0.3, 0.4) is 0 Å². The average molecular weight is 269 g/mol. The zero-order chi connectivity index (χ0) is 14.5. The summed E-state index contributed by atoms with van der Waals surface area (Å²) in [6.07, 6.45) is 0.192. The molecule has 0 saturated carbocycles. The van der Waals surface area contributed by atoms with Gasteiger partial charge in [0.05, 0.1) is 6.10 Å². The maximum absolute atomic E-state index is 5.85. The molecule has 0 aliphatic rings. The summed E-state index contributed by atoms with van der Waals surface area (Å²) in [6, 6.07) is 14.7. The first-order valence-electron chi connectivity index (χ1n) is 7.12. The van der Waals surface area contributed by atoms with Crippen molar-refractivity contribution in [3.8, 4) is 5.75 Å². The van der Waals surface area contributed by atoms with E-state index in [9.17, 15) is 0 Å². The third-order valence-corrected chi connectivity index (χ3v) is 3.20. The molecule has 0 aliphatic heterocycles. The normalized spacial score (nSPS) is 10.7. The minimum absolute atomic E-state index is 0.192. The summed E-state index contributed by atoms with van der Waals surface area (Å²) >= 11 is 0. The van der Waals surface area contributed by atoms with Gasteiger partial charge in [-0.1, -0.05) is 30.3 Å². The molecule has 1 N–H and O–H groups in total. The molecule has 2 aromatic rings. The number of benzene rings is 2. The predicted octanol–water partition coefficient (Wildman–Crippen LogP) is 4.70. The summed E-state index contributed by atoms with van der Waals surface area (Å²) in [5, 5.41) is 3.50. The van der Waals surface area contributed by atoms with Crippen molar-refractivity contribution in [3.05, 3.63) is 59.2 Å². The summed E-state index contributed by atoms with van der Waals surface area (Å²) < 4.78 is 5.85. The van der Waals surface area contributed by atoms with Crippen LogP contribution < -0.4 is 10.1 Å². The van der Waals surface area contributed by atoms with Crippen LogP contribution >= 0.6 is 0 Å². The Labute approximate surface area is 121 Å². The van der Waals surface area contributed by atoms with Crippen LogP contribution in [0.5, 0.6) is 5.75 Å². The highest BCUT2D eigenvalue weighted by atomic mass is 16.5. The number of hydrogen-bond donors (Lipinski definition) is 1. The number of anilines is 1. The highest BCUT2D eigenvalue weighted by Gasteiger charge is 2.05. The Kier molecular flexibility index (Phi) is 4.67. The van der Waals surface area contributed by atoms with Gasteiger partial charge in [0.2, 0.25) is 0 Å². The molecule has 0 heterocycles. The summed E-state index contributed by atoms with van der Waals surface area (Å²) in [4.78, 5) is 0. The zero-order valence-electron chi connectivity index (χ0n) is 12.7. The highest BCUT2D eigenvalue weighted by Crippen LogP contribution is 2.22. The molecule has 2 nitrogen and oxygen atoms in total. The SMILES string of the molecule is Cc1ccc(C)c(NCc2ccccc2OC(C)C)c1. The Balaban J connectivity index is 2.12. The molecule has 2 aromatic carbocycles. The van der Waals surface area contributed by atoms with E-state index in [1.54, 1.807) is 0 Å². The Bertz CT molecular complexity index is 575. The number of rotatable bonds is 5. The molecule has 0 aliphatic carbocycles. The molecule has 0 radical (unpaired) electrons. The molecule has 2 rings (SSSR count). The van der Waals surface area contributed by atoms with Crippen molar-refractivity contribution >= 4 is 5.69 Å². The van der Waals surface area contributed by atoms with Crippen LogP contribution in [-0.4, -0.2) is 6.10 Å². The van der Waals surface area contributed by atoms with Gasteiger partial charge in [0.25, 0.3) is 0 Å². The van der Waals surface area contributed by atoms with E-state index in [4.69, 9.17) is 4.74 Å². The van der Waals surface area contributed by atoms with E-state index in [2.05, 4.69) is 57.3 Å². The standard InChI is InChI=1S/C18H23NO/c1-13(2)20-18-8-6-5-7-16(18)12-19-17-11-14(3)9-10-15(17)4/h5-11,13,19H,12H2,1-4H3. The first-order valence-corrected chi connectivity index (χ1v) is 7.12. The summed E-state index contributed by atoms with van der Waals surface area (Å²) in [5.41, 5.74) is 4.90. The second-order valence-electron chi connectivity index (χ2n) is 5.45. The summed E-state index contributed by atoms with van der Waals surface area (Å²) in [7, 11) is 0. The van der Waals surface area contributed by atoms with E-state index in [1.165, 1.54) is 22.4 Å². The number of ether oxygens (including phenoxy) is 1. The van der Waals surface area contributed by atoms with E-state index in [0.717, 1.165) is 12.3 Å². The van der Waals surface area contributed by atoms with E-state index in [-0.39, 0.29) is 6.10 Å². The van der Waals surface area contributed by atoms with Crippen LogP contribution in [0.4, 0.5) is 5.69 Å². The molecule has 0 bridgehead atoms. The monoisotopic (exact) mass is 269 g/mol. The minimum atomic E-state index is 0.192. The molecule has 106 valence electrons. The van der Waals surface area contributed by atoms with Crippen LogP contribution in [0, 0.1) is 13.8 Å². The number of aryl methyl sites for hydroxylation is 2. The third kappa shape index (κ3) is 3.77. The van der Waals surface area contributed by atoms with Gasteiger partial charge >= 0.3 is 0 Å². The van der Waals surface area contributed by atoms with Gasteiger partial charge < -0.3 is 10.1 Å². The van der Waals surface area contributed by atoms with Gasteiger partial charge in [-0.2, -0.15) is 0 Å². The third-order valence-electron chi connectivity index (χ3n) is 3.20. The smallest absolute Gasteiger partial charge is 0.124 e. The lowest BCUT2D eigenvalue weighted by molar-refractivity contribution is 0.240. The fourth-order valence-corrected chi connectivity index (χ4v) is 2.14. The molecular formula is C18H23NO. The lowest BCUT2D eigenvalue weighted by Gasteiger charge is -2.16. The van der Waals surface area contributed by atoms with Crippen molar-refractivity contribution in [2.75, 3.05) is 5.32 Å². The van der Waals surface area contributed by atoms with E-state index in [0.29, 0.717) is 0 Å². The van der Waals surface area contributed by atoms with E-state index < -0.39 is 0 Å². The Morgan fingerprint density at radius 1 is 1.05 bits per heavy atom. The highest BCUT2D eigenvalue weighted by molar-refractivity contribution is 5.53. The molecule has 0 aromatic heterocycles. The molecule has 2 heteroatoms. The van der Waals surface area contributed by atoms with E-state index in [1.807, 2.05) is 18.2 Å². The van der Waals surface area contributed by atoms with Gasteiger partial charge in [-0.3, -0.25) is 0 Å². The second kappa shape index (κ2) is 6.47. The van der Waals surface area contributed by atoms with E-state index >= 15 is 0 Å². The maximum atomic E-state index is 5.85. The molecule has 0 spiro atoms. The molecule has 0 fully saturated rings. The van der Waals surface area contributed by atoms with Crippen LogP contribution in [-0.2, 0) is 6.54 Å². The van der Waals surface area contributed by atoms with Crippen molar-refractivity contribution in [3.63, 3.8) is 0 Å². The lowest BCUT2D eigenvalue weighted by atomic mass is 10.1. The number of hydrogen-bond acceptors (Lipinski definition) is 2. The first-order chi connectivity index (χ1) is 9.56. The fraction of sp³-hybridized carbons (Fsp3) is 0.333. The van der Waals surface area contributed by atoms with Crippen LogP contribution in [0.2, 0.25) is 0 Å². The maximum Gasteiger partial charge on any atom is 0.124 e. The molecule has 20 heavy (non-hydrogen) atoms. The van der Waals surface area contributed by atoms with Gasteiger partial charge in [0, 0.05) is 17.8 Å². The average Bonchev–Trinajstić information content (AvgIpc) is 2.41. The van der Waals surface area contributed by atoms with Crippen molar-refractivity contribution < 1.29 is 4.74 Å². The molecule has 0 amide bonds. The van der Waals surface area contributed by atoms with Crippen molar-refractivity contribution in [1.82, 2.24) is 0 Å². The quantitative estimate of drug-likeness (QED) is 0.849. The Morgan fingerprint density at radius 2 is 1.80 bits per heavy atom. The fourth-order valence-electron chi connectivity index (χ4n) is 2.14. The predicted molar refractivity (Wildman–Crippen MR) is 85.4 cm³/mol. The van der Waals surface area contributed by atoms with Crippen molar-refractivity contribution in [2.45, 2.75) is 40.3 Å². The van der Waals surface area contributed by atoms with Gasteiger partial charge in [0.1, 0.15) is 5.75 Å². The largest absolute Gasteiger partial charge is 0.491 e. The van der Waals surface area contributed by atoms with Gasteiger partial charge in [-0.15, -0.1) is 0 Å². The summed E-state index contributed by atoms with van der Waals surface area (Å²) in [5.74, 6) is 0.959. The number of nitrogens with one attached hydrogen (secondary N) is 1. The van der Waals surface area contributed by atoms with Crippen LogP contribution in [0.15, 0.2) is 42.5 Å². The molecule has 0 saturated heterocycles.